The Bertz CT molecular complexity index is 624. The molecule has 0 bridgehead atoms. The van der Waals surface area contributed by atoms with Gasteiger partial charge in [-0.1, -0.05) is 18.2 Å². The Kier molecular flexibility index (Phi) is 4.55. The van der Waals surface area contributed by atoms with Crippen LogP contribution in [0.2, 0.25) is 0 Å². The molecule has 0 saturated heterocycles. The zero-order chi connectivity index (χ0) is 15.2. The molecule has 1 amide bonds. The number of carbonyl (C=O) groups excluding carboxylic acids is 1. The summed E-state index contributed by atoms with van der Waals surface area (Å²) in [6.45, 7) is 0.624. The minimum absolute atomic E-state index is 0.107. The number of amides is 1. The van der Waals surface area contributed by atoms with Crippen LogP contribution in [-0.2, 0) is 0 Å². The van der Waals surface area contributed by atoms with Crippen molar-refractivity contribution in [1.82, 2.24) is 14.9 Å². The van der Waals surface area contributed by atoms with Gasteiger partial charge < -0.3 is 19.7 Å². The van der Waals surface area contributed by atoms with E-state index in [0.29, 0.717) is 18.9 Å². The van der Waals surface area contributed by atoms with Gasteiger partial charge in [0.2, 0.25) is 0 Å². The van der Waals surface area contributed by atoms with Gasteiger partial charge in [0.15, 0.2) is 11.4 Å². The van der Waals surface area contributed by atoms with Gasteiger partial charge in [-0.2, -0.15) is 0 Å². The van der Waals surface area contributed by atoms with Gasteiger partial charge in [0, 0.05) is 7.05 Å². The van der Waals surface area contributed by atoms with Crippen molar-refractivity contribution in [2.75, 3.05) is 20.2 Å². The van der Waals surface area contributed by atoms with E-state index in [9.17, 15) is 9.59 Å². The molecule has 0 aliphatic rings. The molecule has 0 atom stereocenters. The number of aromatic amines is 1. The molecule has 110 valence electrons. The summed E-state index contributed by atoms with van der Waals surface area (Å²) in [5.41, 5.74) is -0.319. The third-order valence-electron chi connectivity index (χ3n) is 2.84. The molecule has 0 spiro atoms. The molecule has 1 aromatic heterocycles. The zero-order valence-corrected chi connectivity index (χ0v) is 11.4. The summed E-state index contributed by atoms with van der Waals surface area (Å²) >= 11 is 0. The number of H-pyrrole nitrogens is 1. The van der Waals surface area contributed by atoms with E-state index < -0.39 is 11.9 Å². The number of likely N-dealkylation sites (N-methyl/N-ethyl adjacent to an activating group) is 1. The molecule has 1 aromatic carbocycles. The molecule has 7 nitrogen and oxygen atoms in total. The highest BCUT2D eigenvalue weighted by Gasteiger charge is 2.22. The van der Waals surface area contributed by atoms with Crippen molar-refractivity contribution in [2.45, 2.75) is 0 Å². The van der Waals surface area contributed by atoms with Gasteiger partial charge in [-0.3, -0.25) is 4.79 Å². The minimum atomic E-state index is -1.22. The highest BCUT2D eigenvalue weighted by Crippen LogP contribution is 2.09. The van der Waals surface area contributed by atoms with Crippen LogP contribution in [0.4, 0.5) is 0 Å². The van der Waals surface area contributed by atoms with Crippen molar-refractivity contribution in [3.8, 4) is 5.75 Å². The first-order chi connectivity index (χ1) is 10.1. The molecule has 2 N–H and O–H groups in total. The maximum Gasteiger partial charge on any atom is 0.354 e. The lowest BCUT2D eigenvalue weighted by molar-refractivity contribution is 0.0672. The van der Waals surface area contributed by atoms with Crippen molar-refractivity contribution in [3.05, 3.63) is 48.0 Å². The molecule has 0 fully saturated rings. The second-order valence-electron chi connectivity index (χ2n) is 4.32. The maximum absolute atomic E-state index is 12.1. The average molecular weight is 289 g/mol. The van der Waals surface area contributed by atoms with Crippen molar-refractivity contribution < 1.29 is 19.4 Å². The van der Waals surface area contributed by atoms with E-state index in [-0.39, 0.29) is 11.4 Å². The summed E-state index contributed by atoms with van der Waals surface area (Å²) in [6, 6.07) is 9.23. The smallest absolute Gasteiger partial charge is 0.354 e. The molecule has 0 saturated carbocycles. The van der Waals surface area contributed by atoms with Crippen LogP contribution < -0.4 is 4.74 Å². The van der Waals surface area contributed by atoms with E-state index in [4.69, 9.17) is 9.84 Å². The van der Waals surface area contributed by atoms with E-state index >= 15 is 0 Å². The molecule has 2 rings (SSSR count). The van der Waals surface area contributed by atoms with Crippen LogP contribution in [-0.4, -0.2) is 52.1 Å². The van der Waals surface area contributed by atoms with Gasteiger partial charge >= 0.3 is 5.97 Å². The molecule has 1 heterocycles. The maximum atomic E-state index is 12.1. The number of rotatable bonds is 6. The van der Waals surface area contributed by atoms with Crippen LogP contribution in [0.5, 0.6) is 5.75 Å². The number of aromatic nitrogens is 2. The van der Waals surface area contributed by atoms with Crippen LogP contribution in [0, 0.1) is 0 Å². The summed E-state index contributed by atoms with van der Waals surface area (Å²) in [4.78, 5) is 30.6. The highest BCUT2D eigenvalue weighted by atomic mass is 16.5. The fraction of sp³-hybridized carbons (Fsp3) is 0.214. The average Bonchev–Trinajstić information content (AvgIpc) is 2.97. The number of para-hydroxylation sites is 1. The summed E-state index contributed by atoms with van der Waals surface area (Å²) in [7, 11) is 1.57. The number of carboxylic acid groups (broad SMARTS) is 1. The first kappa shape index (κ1) is 14.6. The Labute approximate surface area is 121 Å². The van der Waals surface area contributed by atoms with E-state index in [1.807, 2.05) is 30.3 Å². The molecule has 0 aliphatic carbocycles. The number of benzene rings is 1. The number of aromatic carboxylic acids is 1. The summed E-state index contributed by atoms with van der Waals surface area (Å²) in [6.07, 6.45) is 1.19. The van der Waals surface area contributed by atoms with Gasteiger partial charge in [-0.25, -0.2) is 9.78 Å². The lowest BCUT2D eigenvalue weighted by Gasteiger charge is -2.16. The first-order valence-electron chi connectivity index (χ1n) is 6.29. The number of hydrogen-bond donors (Lipinski definition) is 2. The monoisotopic (exact) mass is 289 g/mol. The van der Waals surface area contributed by atoms with E-state index in [0.717, 1.165) is 0 Å². The number of carboxylic acids is 1. The lowest BCUT2D eigenvalue weighted by Crippen LogP contribution is -2.32. The van der Waals surface area contributed by atoms with Crippen LogP contribution in [0.3, 0.4) is 0 Å². The lowest BCUT2D eigenvalue weighted by atomic mass is 10.3. The number of nitrogens with zero attached hydrogens (tertiary/aromatic N) is 2. The summed E-state index contributed by atoms with van der Waals surface area (Å²) in [5.74, 6) is -0.973. The second-order valence-corrected chi connectivity index (χ2v) is 4.32. The molecule has 0 aliphatic heterocycles. The molecular weight excluding hydrogens is 274 g/mol. The molecule has 2 aromatic rings. The van der Waals surface area contributed by atoms with E-state index in [2.05, 4.69) is 9.97 Å². The number of ether oxygens (including phenoxy) is 1. The third kappa shape index (κ3) is 3.59. The summed E-state index contributed by atoms with van der Waals surface area (Å²) in [5, 5.41) is 8.94. The standard InChI is InChI=1S/C14H15N3O4/c1-17(7-8-21-10-5-3-2-4-6-10)13(18)11-12(14(19)20)16-9-15-11/h2-6,9H,7-8H2,1H3,(H,15,16)(H,19,20). The van der Waals surface area contributed by atoms with Crippen LogP contribution in [0.1, 0.15) is 21.0 Å². The van der Waals surface area contributed by atoms with Crippen LogP contribution >= 0.6 is 0 Å². The molecule has 7 heteroatoms. The Hall–Kier alpha value is -2.83. The van der Waals surface area contributed by atoms with Gasteiger partial charge in [0.1, 0.15) is 12.4 Å². The number of imidazole rings is 1. The predicted octanol–water partition coefficient (Wildman–Crippen LogP) is 1.26. The van der Waals surface area contributed by atoms with Gasteiger partial charge in [0.25, 0.3) is 5.91 Å². The number of hydrogen-bond acceptors (Lipinski definition) is 4. The fourth-order valence-corrected chi connectivity index (χ4v) is 1.72. The van der Waals surface area contributed by atoms with Gasteiger partial charge in [0.05, 0.1) is 12.9 Å². The number of nitrogens with one attached hydrogen (secondary N) is 1. The van der Waals surface area contributed by atoms with Gasteiger partial charge in [-0.15, -0.1) is 0 Å². The SMILES string of the molecule is CN(CCOc1ccccc1)C(=O)c1nc[nH]c1C(=O)O. The highest BCUT2D eigenvalue weighted by molar-refractivity contribution is 6.02. The molecule has 0 radical (unpaired) electrons. The Morgan fingerprint density at radius 2 is 2.05 bits per heavy atom. The Morgan fingerprint density at radius 3 is 2.71 bits per heavy atom. The number of carbonyl (C=O) groups is 2. The molecular formula is C14H15N3O4. The third-order valence-corrected chi connectivity index (χ3v) is 2.84. The Balaban J connectivity index is 1.91. The van der Waals surface area contributed by atoms with E-state index in [1.165, 1.54) is 11.2 Å². The Morgan fingerprint density at radius 1 is 1.33 bits per heavy atom. The van der Waals surface area contributed by atoms with Crippen molar-refractivity contribution >= 4 is 11.9 Å². The van der Waals surface area contributed by atoms with Crippen LogP contribution in [0.25, 0.3) is 0 Å². The quantitative estimate of drug-likeness (QED) is 0.834. The predicted molar refractivity (Wildman–Crippen MR) is 74.4 cm³/mol. The normalized spacial score (nSPS) is 10.1. The van der Waals surface area contributed by atoms with Gasteiger partial charge in [-0.05, 0) is 12.1 Å². The van der Waals surface area contributed by atoms with E-state index in [1.54, 1.807) is 7.05 Å². The minimum Gasteiger partial charge on any atom is -0.492 e. The second kappa shape index (κ2) is 6.56. The molecule has 0 unspecified atom stereocenters. The van der Waals surface area contributed by atoms with Crippen molar-refractivity contribution in [3.63, 3.8) is 0 Å². The van der Waals surface area contributed by atoms with Crippen molar-refractivity contribution in [2.24, 2.45) is 0 Å². The summed E-state index contributed by atoms with van der Waals surface area (Å²) < 4.78 is 5.48. The van der Waals surface area contributed by atoms with Crippen molar-refractivity contribution in [1.29, 1.82) is 0 Å². The largest absolute Gasteiger partial charge is 0.492 e. The zero-order valence-electron chi connectivity index (χ0n) is 11.4. The molecule has 21 heavy (non-hydrogen) atoms. The fourth-order valence-electron chi connectivity index (χ4n) is 1.72. The topological polar surface area (TPSA) is 95.5 Å². The first-order valence-corrected chi connectivity index (χ1v) is 6.29. The van der Waals surface area contributed by atoms with Crippen LogP contribution in [0.15, 0.2) is 36.7 Å².